The van der Waals surface area contributed by atoms with E-state index in [9.17, 15) is 15.2 Å². The molecule has 0 amide bonds. The van der Waals surface area contributed by atoms with E-state index in [2.05, 4.69) is 28.5 Å². The number of ether oxygens (including phenoxy) is 1. The average Bonchev–Trinajstić information content (AvgIpc) is 3.16. The molecule has 10 heteroatoms. The van der Waals surface area contributed by atoms with E-state index < -0.39 is 11.0 Å². The Bertz CT molecular complexity index is 996. The van der Waals surface area contributed by atoms with Crippen molar-refractivity contribution in [2.45, 2.75) is 24.3 Å². The summed E-state index contributed by atoms with van der Waals surface area (Å²) >= 11 is 2.78. The smallest absolute Gasteiger partial charge is 0.273 e. The first-order chi connectivity index (χ1) is 13.9. The second-order valence-corrected chi connectivity index (χ2v) is 8.52. The molecule has 0 saturated carbocycles. The van der Waals surface area contributed by atoms with Gasteiger partial charge < -0.3 is 15.2 Å². The molecule has 152 valence electrons. The minimum absolute atomic E-state index is 0.0283. The highest BCUT2D eigenvalue weighted by Crippen LogP contribution is 2.30. The van der Waals surface area contributed by atoms with Crippen LogP contribution < -0.4 is 10.1 Å². The molecule has 1 atom stereocenters. The van der Waals surface area contributed by atoms with E-state index in [0.29, 0.717) is 16.6 Å². The number of hydrogen-bond donors (Lipinski definition) is 2. The summed E-state index contributed by atoms with van der Waals surface area (Å²) in [5, 5.41) is 33.1. The zero-order valence-electron chi connectivity index (χ0n) is 15.9. The van der Waals surface area contributed by atoms with E-state index >= 15 is 0 Å². The number of thioether (sulfide) groups is 1. The van der Waals surface area contributed by atoms with Crippen LogP contribution in [0, 0.1) is 24.0 Å². The highest BCUT2D eigenvalue weighted by Gasteiger charge is 2.12. The Hall–Kier alpha value is -2.69. The summed E-state index contributed by atoms with van der Waals surface area (Å²) in [6.45, 7) is 4.13. The van der Waals surface area contributed by atoms with E-state index in [0.717, 1.165) is 15.6 Å². The van der Waals surface area contributed by atoms with Gasteiger partial charge in [0.1, 0.15) is 12.4 Å². The maximum atomic E-state index is 10.8. The minimum atomic E-state index is -0.751. The lowest BCUT2D eigenvalue weighted by Gasteiger charge is -2.11. The van der Waals surface area contributed by atoms with Gasteiger partial charge in [0.2, 0.25) is 5.13 Å². The molecule has 3 rings (SSSR count). The molecule has 1 unspecified atom stereocenters. The number of nitrogens with zero attached hydrogens (tertiary/aromatic N) is 3. The molecule has 8 nitrogen and oxygen atoms in total. The number of rotatable bonds is 9. The zero-order valence-corrected chi connectivity index (χ0v) is 17.5. The minimum Gasteiger partial charge on any atom is -0.491 e. The van der Waals surface area contributed by atoms with Crippen molar-refractivity contribution in [1.82, 2.24) is 10.2 Å². The number of aliphatic hydroxyl groups excluding tert-OH is 1. The number of benzene rings is 2. The summed E-state index contributed by atoms with van der Waals surface area (Å²) < 4.78 is 6.17. The summed E-state index contributed by atoms with van der Waals surface area (Å²) in [4.78, 5) is 10.3. The van der Waals surface area contributed by atoms with Crippen molar-refractivity contribution < 1.29 is 14.8 Å². The van der Waals surface area contributed by atoms with Gasteiger partial charge in [-0.25, -0.2) is 0 Å². The van der Waals surface area contributed by atoms with Gasteiger partial charge in [0.25, 0.3) is 5.69 Å². The van der Waals surface area contributed by atoms with Crippen molar-refractivity contribution in [3.8, 4) is 5.75 Å². The Morgan fingerprint density at radius 2 is 2.07 bits per heavy atom. The number of aryl methyl sites for hydroxylation is 1. The maximum Gasteiger partial charge on any atom is 0.273 e. The summed E-state index contributed by atoms with van der Waals surface area (Å²) in [6, 6.07) is 11.9. The second kappa shape index (κ2) is 9.68. The number of anilines is 2. The Morgan fingerprint density at radius 3 is 2.86 bits per heavy atom. The van der Waals surface area contributed by atoms with Crippen LogP contribution in [0.5, 0.6) is 5.75 Å². The predicted octanol–water partition coefficient (Wildman–Crippen LogP) is 4.34. The quantitative estimate of drug-likeness (QED) is 0.292. The second-order valence-electron chi connectivity index (χ2n) is 6.28. The Kier molecular flexibility index (Phi) is 7.02. The average molecular weight is 433 g/mol. The van der Waals surface area contributed by atoms with Crippen LogP contribution in [0.15, 0.2) is 46.8 Å². The highest BCUT2D eigenvalue weighted by atomic mass is 32.2. The monoisotopic (exact) mass is 432 g/mol. The molecule has 0 aliphatic rings. The fourth-order valence-electron chi connectivity index (χ4n) is 2.42. The fourth-order valence-corrected chi connectivity index (χ4v) is 4.11. The van der Waals surface area contributed by atoms with E-state index in [1.54, 1.807) is 12.1 Å². The molecular formula is C19H20N4O4S2. The number of nitro groups is 1. The van der Waals surface area contributed by atoms with Gasteiger partial charge in [0, 0.05) is 17.5 Å². The standard InChI is InChI=1S/C19H20N4O4S2/c1-12-5-3-8-17(13(12)2)20-18-21-22-19(29-18)28-11-15(24)10-27-16-7-4-6-14(9-16)23(25)26/h3-9,15,24H,10-11H2,1-2H3,(H,20,21). The van der Waals surface area contributed by atoms with Gasteiger partial charge in [0.05, 0.1) is 17.1 Å². The third-order valence-corrected chi connectivity index (χ3v) is 6.24. The highest BCUT2D eigenvalue weighted by molar-refractivity contribution is 8.01. The molecule has 2 aromatic carbocycles. The van der Waals surface area contributed by atoms with Crippen LogP contribution in [0.25, 0.3) is 0 Å². The van der Waals surface area contributed by atoms with Gasteiger partial charge in [-0.1, -0.05) is 41.3 Å². The molecule has 0 radical (unpaired) electrons. The molecule has 0 aliphatic carbocycles. The molecule has 0 aliphatic heterocycles. The molecule has 0 spiro atoms. The van der Waals surface area contributed by atoms with E-state index in [1.165, 1.54) is 40.8 Å². The SMILES string of the molecule is Cc1cccc(Nc2nnc(SCC(O)COc3cccc([N+](=O)[O-])c3)s2)c1C. The number of nitro benzene ring substituents is 1. The van der Waals surface area contributed by atoms with Crippen molar-refractivity contribution in [3.63, 3.8) is 0 Å². The molecule has 0 fully saturated rings. The number of nitrogens with one attached hydrogen (secondary N) is 1. The Morgan fingerprint density at radius 1 is 1.28 bits per heavy atom. The van der Waals surface area contributed by atoms with Crippen LogP contribution in [0.3, 0.4) is 0 Å². The summed E-state index contributed by atoms with van der Waals surface area (Å²) in [5.41, 5.74) is 3.29. The number of aliphatic hydroxyl groups is 1. The van der Waals surface area contributed by atoms with Crippen molar-refractivity contribution in [2.75, 3.05) is 17.7 Å². The van der Waals surface area contributed by atoms with Crippen LogP contribution in [0.2, 0.25) is 0 Å². The third-order valence-electron chi connectivity index (χ3n) is 4.12. The molecule has 0 saturated heterocycles. The topological polar surface area (TPSA) is 110 Å². The van der Waals surface area contributed by atoms with Crippen molar-refractivity contribution in [3.05, 3.63) is 63.7 Å². The van der Waals surface area contributed by atoms with Gasteiger partial charge in [-0.15, -0.1) is 10.2 Å². The fraction of sp³-hybridized carbons (Fsp3) is 0.263. The van der Waals surface area contributed by atoms with E-state index in [4.69, 9.17) is 4.74 Å². The third kappa shape index (κ3) is 5.89. The summed E-state index contributed by atoms with van der Waals surface area (Å²) in [5.74, 6) is 0.715. The normalized spacial score (nSPS) is 11.8. The van der Waals surface area contributed by atoms with Crippen LogP contribution in [-0.2, 0) is 0 Å². The Balaban J connectivity index is 1.48. The van der Waals surface area contributed by atoms with Crippen LogP contribution >= 0.6 is 23.1 Å². The number of aromatic nitrogens is 2. The van der Waals surface area contributed by atoms with Crippen LogP contribution in [-0.4, -0.2) is 38.7 Å². The lowest BCUT2D eigenvalue weighted by molar-refractivity contribution is -0.384. The van der Waals surface area contributed by atoms with Gasteiger partial charge in [0.15, 0.2) is 4.34 Å². The predicted molar refractivity (Wildman–Crippen MR) is 114 cm³/mol. The molecular weight excluding hydrogens is 412 g/mol. The first-order valence-electron chi connectivity index (χ1n) is 8.77. The molecule has 1 aromatic heterocycles. The molecule has 29 heavy (non-hydrogen) atoms. The van der Waals surface area contributed by atoms with Crippen molar-refractivity contribution in [2.24, 2.45) is 0 Å². The number of non-ortho nitro benzene ring substituents is 1. The van der Waals surface area contributed by atoms with Gasteiger partial charge in [-0.05, 0) is 37.1 Å². The van der Waals surface area contributed by atoms with Gasteiger partial charge in [-0.2, -0.15) is 0 Å². The lowest BCUT2D eigenvalue weighted by Crippen LogP contribution is -2.20. The van der Waals surface area contributed by atoms with E-state index in [1.807, 2.05) is 19.1 Å². The van der Waals surface area contributed by atoms with Crippen LogP contribution in [0.4, 0.5) is 16.5 Å². The largest absolute Gasteiger partial charge is 0.491 e. The number of hydrogen-bond acceptors (Lipinski definition) is 9. The van der Waals surface area contributed by atoms with Gasteiger partial charge >= 0.3 is 0 Å². The first kappa shape index (κ1) is 21.0. The summed E-state index contributed by atoms with van der Waals surface area (Å²) in [6.07, 6.45) is -0.751. The molecule has 2 N–H and O–H groups in total. The van der Waals surface area contributed by atoms with Crippen molar-refractivity contribution >= 4 is 39.6 Å². The van der Waals surface area contributed by atoms with Crippen LogP contribution in [0.1, 0.15) is 11.1 Å². The van der Waals surface area contributed by atoms with E-state index in [-0.39, 0.29) is 12.3 Å². The lowest BCUT2D eigenvalue weighted by atomic mass is 10.1. The zero-order chi connectivity index (χ0) is 20.8. The molecule has 1 heterocycles. The molecule has 0 bridgehead atoms. The van der Waals surface area contributed by atoms with Gasteiger partial charge in [-0.3, -0.25) is 10.1 Å². The summed E-state index contributed by atoms with van der Waals surface area (Å²) in [7, 11) is 0. The van der Waals surface area contributed by atoms with Crippen molar-refractivity contribution in [1.29, 1.82) is 0 Å². The Labute approximate surface area is 176 Å². The first-order valence-corrected chi connectivity index (χ1v) is 10.6. The molecule has 3 aromatic rings. The maximum absolute atomic E-state index is 10.8.